The Morgan fingerprint density at radius 3 is 2.67 bits per heavy atom. The molecular formula is C13H9BrFN3. The lowest BCUT2D eigenvalue weighted by Gasteiger charge is -2.00. The van der Waals surface area contributed by atoms with Crippen LogP contribution in [0.25, 0.3) is 16.9 Å². The van der Waals surface area contributed by atoms with E-state index in [0.29, 0.717) is 22.7 Å². The molecule has 3 aromatic rings. The minimum Gasteiger partial charge on any atom is -0.383 e. The summed E-state index contributed by atoms with van der Waals surface area (Å²) in [4.78, 5) is 4.39. The highest BCUT2D eigenvalue weighted by molar-refractivity contribution is 9.10. The Bertz CT molecular complexity index is 736. The van der Waals surface area contributed by atoms with Gasteiger partial charge in [-0.2, -0.15) is 0 Å². The molecule has 0 atom stereocenters. The number of nitrogens with two attached hydrogens (primary N) is 1. The second-order valence-electron chi connectivity index (χ2n) is 3.88. The summed E-state index contributed by atoms with van der Waals surface area (Å²) in [6.07, 6.45) is 1.80. The van der Waals surface area contributed by atoms with E-state index in [0.717, 1.165) is 4.47 Å². The first kappa shape index (κ1) is 11.2. The predicted molar refractivity (Wildman–Crippen MR) is 72.7 cm³/mol. The van der Waals surface area contributed by atoms with Crippen LogP contribution in [0.4, 0.5) is 10.2 Å². The van der Waals surface area contributed by atoms with Crippen molar-refractivity contribution in [1.29, 1.82) is 0 Å². The summed E-state index contributed by atoms with van der Waals surface area (Å²) in [5.41, 5.74) is 7.56. The van der Waals surface area contributed by atoms with Gasteiger partial charge in [0.2, 0.25) is 0 Å². The highest BCUT2D eigenvalue weighted by Gasteiger charge is 2.15. The van der Waals surface area contributed by atoms with Crippen LogP contribution >= 0.6 is 15.9 Å². The second kappa shape index (κ2) is 4.10. The number of fused-ring (bicyclic) bond motifs is 1. The van der Waals surface area contributed by atoms with E-state index in [1.54, 1.807) is 28.8 Å². The Balaban J connectivity index is 2.35. The van der Waals surface area contributed by atoms with Crippen LogP contribution in [0.5, 0.6) is 0 Å². The van der Waals surface area contributed by atoms with Crippen LogP contribution in [0.15, 0.2) is 47.1 Å². The third-order valence-corrected chi connectivity index (χ3v) is 3.39. The summed E-state index contributed by atoms with van der Waals surface area (Å²) in [5.74, 6) is 0.0973. The molecule has 0 aliphatic carbocycles. The molecule has 0 fully saturated rings. The molecule has 3 nitrogen and oxygen atoms in total. The zero-order chi connectivity index (χ0) is 12.7. The molecule has 90 valence electrons. The van der Waals surface area contributed by atoms with Crippen molar-refractivity contribution in [1.82, 2.24) is 9.38 Å². The first-order valence-electron chi connectivity index (χ1n) is 5.35. The lowest BCUT2D eigenvalue weighted by Crippen LogP contribution is -1.94. The van der Waals surface area contributed by atoms with Crippen molar-refractivity contribution in [2.24, 2.45) is 0 Å². The minimum atomic E-state index is -0.330. The Hall–Kier alpha value is -1.88. The van der Waals surface area contributed by atoms with Crippen molar-refractivity contribution < 1.29 is 4.39 Å². The average molecular weight is 306 g/mol. The Labute approximate surface area is 111 Å². The van der Waals surface area contributed by atoms with Gasteiger partial charge in [0.15, 0.2) is 5.65 Å². The van der Waals surface area contributed by atoms with Crippen molar-refractivity contribution in [3.05, 3.63) is 52.9 Å². The van der Waals surface area contributed by atoms with Crippen molar-refractivity contribution >= 4 is 27.4 Å². The number of hydrogen-bond donors (Lipinski definition) is 1. The zero-order valence-electron chi connectivity index (χ0n) is 9.27. The molecule has 0 aliphatic heterocycles. The molecule has 2 aromatic heterocycles. The number of pyridine rings is 1. The van der Waals surface area contributed by atoms with Crippen LogP contribution in [0.3, 0.4) is 0 Å². The number of anilines is 1. The van der Waals surface area contributed by atoms with Gasteiger partial charge in [0.05, 0.1) is 4.47 Å². The molecule has 0 spiro atoms. The molecule has 0 bridgehead atoms. The highest BCUT2D eigenvalue weighted by Crippen LogP contribution is 2.30. The van der Waals surface area contributed by atoms with E-state index in [-0.39, 0.29) is 5.82 Å². The molecule has 0 unspecified atom stereocenters. The van der Waals surface area contributed by atoms with E-state index in [1.807, 2.05) is 12.1 Å². The maximum Gasteiger partial charge on any atom is 0.153 e. The lowest BCUT2D eigenvalue weighted by atomic mass is 10.1. The standard InChI is InChI=1S/C13H9BrFN3/c14-9-5-3-7-18-12(16)11(17-13(9)18)8-4-1-2-6-10(8)15/h1-7H,16H2. The van der Waals surface area contributed by atoms with Gasteiger partial charge in [0.1, 0.15) is 17.3 Å². The maximum atomic E-state index is 13.8. The van der Waals surface area contributed by atoms with Gasteiger partial charge >= 0.3 is 0 Å². The lowest BCUT2D eigenvalue weighted by molar-refractivity contribution is 0.631. The number of imidazole rings is 1. The minimum absolute atomic E-state index is 0.330. The second-order valence-corrected chi connectivity index (χ2v) is 4.73. The summed E-state index contributed by atoms with van der Waals surface area (Å²) in [7, 11) is 0. The summed E-state index contributed by atoms with van der Waals surface area (Å²) < 4.78 is 16.3. The fourth-order valence-electron chi connectivity index (χ4n) is 1.90. The van der Waals surface area contributed by atoms with E-state index in [2.05, 4.69) is 20.9 Å². The van der Waals surface area contributed by atoms with E-state index in [4.69, 9.17) is 5.73 Å². The molecule has 2 N–H and O–H groups in total. The number of benzene rings is 1. The van der Waals surface area contributed by atoms with Crippen molar-refractivity contribution in [3.8, 4) is 11.3 Å². The highest BCUT2D eigenvalue weighted by atomic mass is 79.9. The van der Waals surface area contributed by atoms with E-state index >= 15 is 0 Å². The van der Waals surface area contributed by atoms with Crippen molar-refractivity contribution in [2.75, 3.05) is 5.73 Å². The van der Waals surface area contributed by atoms with Gasteiger partial charge in [0, 0.05) is 11.8 Å². The van der Waals surface area contributed by atoms with Crippen molar-refractivity contribution in [3.63, 3.8) is 0 Å². The quantitative estimate of drug-likeness (QED) is 0.748. The predicted octanol–water partition coefficient (Wildman–Crippen LogP) is 3.49. The van der Waals surface area contributed by atoms with Gasteiger partial charge < -0.3 is 5.73 Å². The molecule has 0 saturated carbocycles. The Morgan fingerprint density at radius 2 is 1.94 bits per heavy atom. The van der Waals surface area contributed by atoms with E-state index < -0.39 is 0 Å². The number of rotatable bonds is 1. The summed E-state index contributed by atoms with van der Waals surface area (Å²) in [6, 6.07) is 10.2. The van der Waals surface area contributed by atoms with E-state index in [1.165, 1.54) is 6.07 Å². The van der Waals surface area contributed by atoms with Crippen LogP contribution in [-0.4, -0.2) is 9.38 Å². The smallest absolute Gasteiger partial charge is 0.153 e. The van der Waals surface area contributed by atoms with Gasteiger partial charge in [0.25, 0.3) is 0 Å². The summed E-state index contributed by atoms with van der Waals surface area (Å²) in [6.45, 7) is 0. The van der Waals surface area contributed by atoms with Crippen LogP contribution in [0.1, 0.15) is 0 Å². The maximum absolute atomic E-state index is 13.8. The third kappa shape index (κ3) is 1.59. The molecule has 0 aliphatic rings. The Morgan fingerprint density at radius 1 is 1.17 bits per heavy atom. The fourth-order valence-corrected chi connectivity index (χ4v) is 2.34. The molecular weight excluding hydrogens is 297 g/mol. The van der Waals surface area contributed by atoms with E-state index in [9.17, 15) is 4.39 Å². The first-order chi connectivity index (χ1) is 8.68. The number of halogens is 2. The average Bonchev–Trinajstić information content (AvgIpc) is 2.70. The van der Waals surface area contributed by atoms with Gasteiger partial charge in [-0.15, -0.1) is 0 Å². The molecule has 0 radical (unpaired) electrons. The molecule has 3 rings (SSSR count). The number of hydrogen-bond acceptors (Lipinski definition) is 2. The monoisotopic (exact) mass is 305 g/mol. The van der Waals surface area contributed by atoms with Gasteiger partial charge in [-0.3, -0.25) is 4.40 Å². The third-order valence-electron chi connectivity index (χ3n) is 2.77. The first-order valence-corrected chi connectivity index (χ1v) is 6.14. The van der Waals surface area contributed by atoms with Crippen molar-refractivity contribution in [2.45, 2.75) is 0 Å². The fraction of sp³-hybridized carbons (Fsp3) is 0. The summed E-state index contributed by atoms with van der Waals surface area (Å²) in [5, 5.41) is 0. The van der Waals surface area contributed by atoms with Crippen LogP contribution in [0, 0.1) is 5.82 Å². The topological polar surface area (TPSA) is 43.3 Å². The SMILES string of the molecule is Nc1c(-c2ccccc2F)nc2c(Br)cccn12. The summed E-state index contributed by atoms with van der Waals surface area (Å²) >= 11 is 3.40. The number of aromatic nitrogens is 2. The normalized spacial score (nSPS) is 11.0. The Kier molecular flexibility index (Phi) is 2.56. The van der Waals surface area contributed by atoms with Gasteiger partial charge in [-0.1, -0.05) is 12.1 Å². The largest absolute Gasteiger partial charge is 0.383 e. The number of nitrogens with zero attached hydrogens (tertiary/aromatic N) is 2. The van der Waals surface area contributed by atoms with Gasteiger partial charge in [-0.25, -0.2) is 9.37 Å². The van der Waals surface area contributed by atoms with Crippen LogP contribution in [0.2, 0.25) is 0 Å². The molecule has 5 heteroatoms. The number of nitrogen functional groups attached to an aromatic ring is 1. The van der Waals surface area contributed by atoms with Gasteiger partial charge in [-0.05, 0) is 40.2 Å². The van der Waals surface area contributed by atoms with Crippen LogP contribution < -0.4 is 5.73 Å². The molecule has 2 heterocycles. The molecule has 1 aromatic carbocycles. The zero-order valence-corrected chi connectivity index (χ0v) is 10.9. The molecule has 0 amide bonds. The molecule has 18 heavy (non-hydrogen) atoms. The van der Waals surface area contributed by atoms with Crippen LogP contribution in [-0.2, 0) is 0 Å². The molecule has 0 saturated heterocycles.